The van der Waals surface area contributed by atoms with Crippen LogP contribution in [-0.4, -0.2) is 28.4 Å². The number of nitrogens with zero attached hydrogens (tertiary/aromatic N) is 1. The first-order valence-electron chi connectivity index (χ1n) is 6.18. The minimum atomic E-state index is 0.738. The van der Waals surface area contributed by atoms with Crippen LogP contribution in [-0.2, 0) is 0 Å². The van der Waals surface area contributed by atoms with E-state index < -0.39 is 0 Å². The molecule has 0 bridgehead atoms. The first-order chi connectivity index (χ1) is 7.33. The fourth-order valence-electron chi connectivity index (χ4n) is 3.08. The molecule has 1 aliphatic carbocycles. The van der Waals surface area contributed by atoms with Gasteiger partial charge in [-0.3, -0.25) is 0 Å². The van der Waals surface area contributed by atoms with Gasteiger partial charge in [-0.15, -0.1) is 11.6 Å². The van der Waals surface area contributed by atoms with Gasteiger partial charge in [0.1, 0.15) is 0 Å². The minimum absolute atomic E-state index is 0.738. The Balaban J connectivity index is 1.89. The first kappa shape index (κ1) is 11.7. The Morgan fingerprint density at radius 1 is 1.27 bits per heavy atom. The fraction of sp³-hybridized carbons (Fsp3) is 0.917. The number of fused-ring (bicyclic) bond motifs is 1. The number of hydrogen-bond acceptors (Lipinski definition) is 1. The second kappa shape index (κ2) is 5.49. The summed E-state index contributed by atoms with van der Waals surface area (Å²) in [6, 6.07) is 0.779. The Morgan fingerprint density at radius 2 is 2.07 bits per heavy atom. The number of alkyl halides is 1. The fourth-order valence-corrected chi connectivity index (χ4v) is 3.58. The third kappa shape index (κ3) is 2.65. The smallest absolute Gasteiger partial charge is 0.0782 e. The molecule has 0 spiro atoms. The molecular weight excluding hydrogens is 226 g/mol. The van der Waals surface area contributed by atoms with Gasteiger partial charge in [-0.25, -0.2) is 0 Å². The molecule has 0 N–H and O–H groups in total. The number of thiocarbonyl (C=S) groups is 1. The van der Waals surface area contributed by atoms with Crippen molar-refractivity contribution in [2.24, 2.45) is 5.92 Å². The van der Waals surface area contributed by atoms with Crippen LogP contribution < -0.4 is 0 Å². The van der Waals surface area contributed by atoms with Crippen LogP contribution in [0.3, 0.4) is 0 Å². The van der Waals surface area contributed by atoms with Crippen LogP contribution in [0.4, 0.5) is 0 Å². The Hall–Kier alpha value is 0.180. The second-order valence-corrected chi connectivity index (χ2v) is 5.63. The Labute approximate surface area is 103 Å². The van der Waals surface area contributed by atoms with Crippen LogP contribution >= 0.6 is 23.8 Å². The Morgan fingerprint density at radius 3 is 2.87 bits per heavy atom. The molecule has 1 aliphatic heterocycles. The van der Waals surface area contributed by atoms with Gasteiger partial charge in [-0.2, -0.15) is 0 Å². The quantitative estimate of drug-likeness (QED) is 0.552. The normalized spacial score (nSPS) is 30.3. The zero-order valence-corrected chi connectivity index (χ0v) is 10.8. The highest BCUT2D eigenvalue weighted by Gasteiger charge is 2.36. The molecule has 1 heterocycles. The molecule has 3 heteroatoms. The highest BCUT2D eigenvalue weighted by molar-refractivity contribution is 7.80. The van der Waals surface area contributed by atoms with E-state index in [1.165, 1.54) is 43.6 Å². The predicted molar refractivity (Wildman–Crippen MR) is 69.6 cm³/mol. The summed E-state index contributed by atoms with van der Waals surface area (Å²) in [4.78, 5) is 3.68. The number of hydrogen-bond donors (Lipinski definition) is 0. The molecule has 2 fully saturated rings. The van der Waals surface area contributed by atoms with Gasteiger partial charge in [-0.1, -0.05) is 25.1 Å². The summed E-state index contributed by atoms with van der Waals surface area (Å²) in [7, 11) is 0. The summed E-state index contributed by atoms with van der Waals surface area (Å²) in [5.41, 5.74) is 0. The topological polar surface area (TPSA) is 3.24 Å². The first-order valence-corrected chi connectivity index (χ1v) is 7.12. The monoisotopic (exact) mass is 245 g/mol. The molecule has 0 radical (unpaired) electrons. The van der Waals surface area contributed by atoms with Crippen molar-refractivity contribution < 1.29 is 0 Å². The molecule has 0 aromatic rings. The second-order valence-electron chi connectivity index (χ2n) is 4.78. The molecule has 2 aliphatic rings. The van der Waals surface area contributed by atoms with Crippen molar-refractivity contribution in [1.82, 2.24) is 4.90 Å². The van der Waals surface area contributed by atoms with Gasteiger partial charge in [0.2, 0.25) is 0 Å². The summed E-state index contributed by atoms with van der Waals surface area (Å²) >= 11 is 11.2. The lowest BCUT2D eigenvalue weighted by atomic mass is 9.85. The summed E-state index contributed by atoms with van der Waals surface area (Å²) in [6.07, 6.45) is 9.05. The van der Waals surface area contributed by atoms with E-state index >= 15 is 0 Å². The molecule has 1 saturated heterocycles. The van der Waals surface area contributed by atoms with Crippen molar-refractivity contribution in [2.75, 3.05) is 12.4 Å². The summed E-state index contributed by atoms with van der Waals surface area (Å²) in [6.45, 7) is 1.20. The number of halogens is 1. The molecular formula is C12H20ClNS. The van der Waals surface area contributed by atoms with Gasteiger partial charge in [0.25, 0.3) is 0 Å². The third-order valence-electron chi connectivity index (χ3n) is 3.85. The molecule has 15 heavy (non-hydrogen) atoms. The van der Waals surface area contributed by atoms with E-state index in [-0.39, 0.29) is 0 Å². The molecule has 1 nitrogen and oxygen atoms in total. The van der Waals surface area contributed by atoms with E-state index in [1.807, 2.05) is 0 Å². The van der Waals surface area contributed by atoms with Crippen LogP contribution in [0.25, 0.3) is 0 Å². The molecule has 2 rings (SSSR count). The highest BCUT2D eigenvalue weighted by atomic mass is 35.5. The average molecular weight is 246 g/mol. The van der Waals surface area contributed by atoms with Crippen molar-refractivity contribution in [3.05, 3.63) is 0 Å². The lowest BCUT2D eigenvalue weighted by Gasteiger charge is -2.33. The van der Waals surface area contributed by atoms with Gasteiger partial charge in [0.05, 0.1) is 4.99 Å². The van der Waals surface area contributed by atoms with Crippen LogP contribution in [0, 0.1) is 5.92 Å². The van der Waals surface area contributed by atoms with E-state index in [9.17, 15) is 0 Å². The van der Waals surface area contributed by atoms with Crippen molar-refractivity contribution in [3.8, 4) is 0 Å². The van der Waals surface area contributed by atoms with Crippen molar-refractivity contribution in [2.45, 2.75) is 51.0 Å². The molecule has 1 saturated carbocycles. The van der Waals surface area contributed by atoms with E-state index in [0.29, 0.717) is 0 Å². The van der Waals surface area contributed by atoms with Crippen LogP contribution in [0.15, 0.2) is 0 Å². The lowest BCUT2D eigenvalue weighted by Crippen LogP contribution is -2.38. The van der Waals surface area contributed by atoms with Crippen molar-refractivity contribution in [1.29, 1.82) is 0 Å². The molecule has 0 amide bonds. The minimum Gasteiger partial charge on any atom is -0.363 e. The Bertz CT molecular complexity index is 232. The van der Waals surface area contributed by atoms with Crippen molar-refractivity contribution in [3.63, 3.8) is 0 Å². The number of rotatable bonds is 3. The van der Waals surface area contributed by atoms with Gasteiger partial charge in [0, 0.05) is 18.5 Å². The zero-order valence-electron chi connectivity index (χ0n) is 9.25. The van der Waals surface area contributed by atoms with Gasteiger partial charge >= 0.3 is 0 Å². The lowest BCUT2D eigenvalue weighted by molar-refractivity contribution is 0.254. The zero-order chi connectivity index (χ0) is 10.7. The summed E-state index contributed by atoms with van der Waals surface area (Å²) in [5, 5.41) is 0. The Kier molecular flexibility index (Phi) is 4.27. The average Bonchev–Trinajstić information content (AvgIpc) is 2.69. The molecule has 0 aromatic carbocycles. The van der Waals surface area contributed by atoms with E-state index in [1.54, 1.807) is 0 Å². The maximum absolute atomic E-state index is 5.71. The largest absolute Gasteiger partial charge is 0.363 e. The van der Waals surface area contributed by atoms with Crippen LogP contribution in [0.1, 0.15) is 44.9 Å². The summed E-state index contributed by atoms with van der Waals surface area (Å²) in [5.74, 6) is 1.68. The molecule has 2 atom stereocenters. The molecule has 86 valence electrons. The highest BCUT2D eigenvalue weighted by Crippen LogP contribution is 2.36. The van der Waals surface area contributed by atoms with E-state index in [2.05, 4.69) is 4.90 Å². The van der Waals surface area contributed by atoms with E-state index in [0.717, 1.165) is 30.7 Å². The van der Waals surface area contributed by atoms with Crippen molar-refractivity contribution >= 4 is 28.8 Å². The summed E-state index contributed by atoms with van der Waals surface area (Å²) < 4.78 is 0. The number of likely N-dealkylation sites (tertiary alicyclic amines) is 1. The predicted octanol–water partition coefficient (Wildman–Crippen LogP) is 3.60. The van der Waals surface area contributed by atoms with Crippen LogP contribution in [0.2, 0.25) is 0 Å². The maximum Gasteiger partial charge on any atom is 0.0782 e. The maximum atomic E-state index is 5.71. The third-order valence-corrected chi connectivity index (χ3v) is 4.56. The van der Waals surface area contributed by atoms with Gasteiger partial charge < -0.3 is 4.90 Å². The SMILES string of the molecule is S=C(CCCCl)N1CCC2CCCCC21. The van der Waals surface area contributed by atoms with Gasteiger partial charge in [0.15, 0.2) is 0 Å². The van der Waals surface area contributed by atoms with E-state index in [4.69, 9.17) is 23.8 Å². The molecule has 0 aromatic heterocycles. The standard InChI is InChI=1S/C12H20ClNS/c13-8-3-6-12(15)14-9-7-10-4-1-2-5-11(10)14/h10-11H,1-9H2. The molecule has 2 unspecified atom stereocenters. The van der Waals surface area contributed by atoms with Gasteiger partial charge in [-0.05, 0) is 38.0 Å². The van der Waals surface area contributed by atoms with Crippen LogP contribution in [0.5, 0.6) is 0 Å².